The number of rotatable bonds is 2. The summed E-state index contributed by atoms with van der Waals surface area (Å²) in [5.74, 6) is 0. The highest BCUT2D eigenvalue weighted by molar-refractivity contribution is 5.85. The van der Waals surface area contributed by atoms with Gasteiger partial charge in [0.15, 0.2) is 0 Å². The molecule has 1 aromatic carbocycles. The van der Waals surface area contributed by atoms with E-state index in [1.807, 2.05) is 0 Å². The fraction of sp³-hybridized carbons (Fsp3) is 0.353. The molecule has 3 rings (SSSR count). The molecule has 1 heterocycles. The van der Waals surface area contributed by atoms with Crippen molar-refractivity contribution in [1.82, 2.24) is 4.98 Å². The molecule has 96 valence electrons. The number of allylic oxidation sites excluding steroid dienone is 2. The van der Waals surface area contributed by atoms with Gasteiger partial charge in [0.2, 0.25) is 0 Å². The minimum atomic E-state index is 0.160. The van der Waals surface area contributed by atoms with Crippen LogP contribution in [-0.2, 0) is 12.8 Å². The lowest BCUT2D eigenvalue weighted by molar-refractivity contribution is 0.317. The van der Waals surface area contributed by atoms with Gasteiger partial charge in [-0.15, -0.1) is 0 Å². The number of benzene rings is 1. The van der Waals surface area contributed by atoms with Crippen molar-refractivity contribution in [1.29, 1.82) is 5.26 Å². The number of hydrogen-bond donors (Lipinski definition) is 1. The van der Waals surface area contributed by atoms with Crippen LogP contribution in [0.2, 0.25) is 0 Å². The van der Waals surface area contributed by atoms with Crippen molar-refractivity contribution in [3.8, 4) is 6.07 Å². The molecule has 0 aliphatic heterocycles. The Morgan fingerprint density at radius 1 is 1.42 bits per heavy atom. The van der Waals surface area contributed by atoms with Crippen molar-refractivity contribution in [2.45, 2.75) is 32.6 Å². The average Bonchev–Trinajstić information content (AvgIpc) is 2.83. The summed E-state index contributed by atoms with van der Waals surface area (Å²) >= 11 is 0. The summed E-state index contributed by atoms with van der Waals surface area (Å²) < 4.78 is 0. The molecular formula is C17H18N2. The van der Waals surface area contributed by atoms with Crippen LogP contribution >= 0.6 is 0 Å². The highest BCUT2D eigenvalue weighted by atomic mass is 14.7. The van der Waals surface area contributed by atoms with E-state index in [1.165, 1.54) is 22.2 Å². The lowest BCUT2D eigenvalue weighted by atomic mass is 9.71. The van der Waals surface area contributed by atoms with E-state index in [-0.39, 0.29) is 5.41 Å². The number of aromatic amines is 1. The zero-order valence-electron chi connectivity index (χ0n) is 11.2. The first kappa shape index (κ1) is 12.0. The van der Waals surface area contributed by atoms with Crippen molar-refractivity contribution in [2.75, 3.05) is 0 Å². The van der Waals surface area contributed by atoms with Crippen molar-refractivity contribution >= 4 is 10.9 Å². The number of nitriles is 1. The lowest BCUT2D eigenvalue weighted by Crippen LogP contribution is -2.25. The first-order valence-electron chi connectivity index (χ1n) is 6.94. The molecule has 0 fully saturated rings. The van der Waals surface area contributed by atoms with E-state index in [0.29, 0.717) is 0 Å². The van der Waals surface area contributed by atoms with Crippen LogP contribution in [-0.4, -0.2) is 4.98 Å². The number of aryl methyl sites for hydroxylation is 1. The van der Waals surface area contributed by atoms with E-state index >= 15 is 0 Å². The van der Waals surface area contributed by atoms with Crippen LogP contribution in [0.4, 0.5) is 0 Å². The molecule has 1 unspecified atom stereocenters. The van der Waals surface area contributed by atoms with E-state index < -0.39 is 0 Å². The molecular weight excluding hydrogens is 232 g/mol. The largest absolute Gasteiger partial charge is 0.358 e. The second-order valence-corrected chi connectivity index (χ2v) is 5.48. The minimum absolute atomic E-state index is 0.160. The van der Waals surface area contributed by atoms with Crippen molar-refractivity contribution < 1.29 is 0 Å². The third-order valence-electron chi connectivity index (χ3n) is 4.52. The van der Waals surface area contributed by atoms with Gasteiger partial charge in [-0.1, -0.05) is 31.2 Å². The van der Waals surface area contributed by atoms with Gasteiger partial charge in [-0.2, -0.15) is 5.26 Å². The van der Waals surface area contributed by atoms with E-state index in [0.717, 1.165) is 25.7 Å². The van der Waals surface area contributed by atoms with Gasteiger partial charge < -0.3 is 4.98 Å². The average molecular weight is 250 g/mol. The van der Waals surface area contributed by atoms with Crippen molar-refractivity contribution in [2.24, 2.45) is 5.41 Å². The summed E-state index contributed by atoms with van der Waals surface area (Å²) in [6, 6.07) is 10.7. The van der Waals surface area contributed by atoms with Gasteiger partial charge in [0.1, 0.15) is 0 Å². The van der Waals surface area contributed by atoms with Gasteiger partial charge in [-0.3, -0.25) is 0 Å². The Morgan fingerprint density at radius 2 is 2.26 bits per heavy atom. The summed E-state index contributed by atoms with van der Waals surface area (Å²) in [5.41, 5.74) is 4.24. The first-order chi connectivity index (χ1) is 9.28. The fourth-order valence-electron chi connectivity index (χ4n) is 3.26. The SMILES string of the molecule is CCC1(/C=C/C#N)CCc2[nH]c3ccccc3c2C1. The molecule has 0 spiro atoms. The van der Waals surface area contributed by atoms with Gasteiger partial charge in [0, 0.05) is 22.7 Å². The monoisotopic (exact) mass is 250 g/mol. The van der Waals surface area contributed by atoms with Gasteiger partial charge in [-0.05, 0) is 42.7 Å². The Morgan fingerprint density at radius 3 is 3.05 bits per heavy atom. The Kier molecular flexibility index (Phi) is 2.91. The Bertz CT molecular complexity index is 672. The number of H-pyrrole nitrogens is 1. The molecule has 2 nitrogen and oxygen atoms in total. The molecule has 1 N–H and O–H groups in total. The molecule has 2 aromatic rings. The summed E-state index contributed by atoms with van der Waals surface area (Å²) in [7, 11) is 0. The van der Waals surface area contributed by atoms with E-state index in [4.69, 9.17) is 5.26 Å². The van der Waals surface area contributed by atoms with Gasteiger partial charge in [-0.25, -0.2) is 0 Å². The van der Waals surface area contributed by atoms with Crippen molar-refractivity contribution in [3.05, 3.63) is 47.7 Å². The minimum Gasteiger partial charge on any atom is -0.358 e. The third kappa shape index (κ3) is 1.96. The van der Waals surface area contributed by atoms with Crippen molar-refractivity contribution in [3.63, 3.8) is 0 Å². The normalized spacial score (nSPS) is 22.5. The predicted molar refractivity (Wildman–Crippen MR) is 77.8 cm³/mol. The molecule has 1 aliphatic carbocycles. The topological polar surface area (TPSA) is 39.6 Å². The highest BCUT2D eigenvalue weighted by Gasteiger charge is 2.32. The lowest BCUT2D eigenvalue weighted by Gasteiger charge is -2.33. The molecule has 1 aliphatic rings. The smallest absolute Gasteiger partial charge is 0.0908 e. The Labute approximate surface area is 113 Å². The molecule has 19 heavy (non-hydrogen) atoms. The quantitative estimate of drug-likeness (QED) is 0.800. The number of nitrogens with one attached hydrogen (secondary N) is 1. The predicted octanol–water partition coefficient (Wildman–Crippen LogP) is 4.13. The summed E-state index contributed by atoms with van der Waals surface area (Å²) in [6.45, 7) is 2.22. The van der Waals surface area contributed by atoms with Gasteiger partial charge in [0.05, 0.1) is 6.07 Å². The number of nitrogens with zero attached hydrogens (tertiary/aromatic N) is 1. The van der Waals surface area contributed by atoms with Crippen LogP contribution in [0, 0.1) is 16.7 Å². The Balaban J connectivity index is 2.07. The maximum absolute atomic E-state index is 8.79. The second kappa shape index (κ2) is 4.59. The van der Waals surface area contributed by atoms with E-state index in [1.54, 1.807) is 6.08 Å². The number of para-hydroxylation sites is 1. The van der Waals surface area contributed by atoms with Crippen LogP contribution in [0.3, 0.4) is 0 Å². The number of aromatic nitrogens is 1. The van der Waals surface area contributed by atoms with E-state index in [9.17, 15) is 0 Å². The van der Waals surface area contributed by atoms with Crippen LogP contribution in [0.1, 0.15) is 31.0 Å². The van der Waals surface area contributed by atoms with Gasteiger partial charge >= 0.3 is 0 Å². The van der Waals surface area contributed by atoms with Crippen LogP contribution in [0.25, 0.3) is 10.9 Å². The summed E-state index contributed by atoms with van der Waals surface area (Å²) in [5, 5.41) is 10.1. The molecule has 0 saturated heterocycles. The Hall–Kier alpha value is -2.01. The van der Waals surface area contributed by atoms with Gasteiger partial charge in [0.25, 0.3) is 0 Å². The highest BCUT2D eigenvalue weighted by Crippen LogP contribution is 2.41. The standard InChI is InChI=1S/C17H18N2/c1-2-17(9-5-11-18)10-8-16-14(12-17)13-6-3-4-7-15(13)19-16/h3-7,9,19H,2,8,10,12H2,1H3/b9-5+. The summed E-state index contributed by atoms with van der Waals surface area (Å²) in [6.07, 6.45) is 8.11. The van der Waals surface area contributed by atoms with Crippen LogP contribution in [0.5, 0.6) is 0 Å². The molecule has 1 atom stereocenters. The molecule has 0 radical (unpaired) electrons. The van der Waals surface area contributed by atoms with E-state index in [2.05, 4.69) is 48.3 Å². The zero-order chi connectivity index (χ0) is 13.3. The second-order valence-electron chi connectivity index (χ2n) is 5.48. The van der Waals surface area contributed by atoms with Crippen LogP contribution in [0.15, 0.2) is 36.4 Å². The number of fused-ring (bicyclic) bond motifs is 3. The molecule has 0 saturated carbocycles. The molecule has 1 aromatic heterocycles. The maximum atomic E-state index is 8.79. The molecule has 0 bridgehead atoms. The van der Waals surface area contributed by atoms with Crippen LogP contribution < -0.4 is 0 Å². The zero-order valence-corrected chi connectivity index (χ0v) is 11.2. The fourth-order valence-corrected chi connectivity index (χ4v) is 3.26. The molecule has 0 amide bonds. The number of hydrogen-bond acceptors (Lipinski definition) is 1. The maximum Gasteiger partial charge on any atom is 0.0908 e. The first-order valence-corrected chi connectivity index (χ1v) is 6.94. The third-order valence-corrected chi connectivity index (χ3v) is 4.52. The summed E-state index contributed by atoms with van der Waals surface area (Å²) in [4.78, 5) is 3.54. The molecule has 2 heteroatoms.